The molecule has 1 N–H and O–H groups in total. The second-order valence-electron chi connectivity index (χ2n) is 5.72. The molecule has 3 rings (SSSR count). The summed E-state index contributed by atoms with van der Waals surface area (Å²) in [7, 11) is 0. The third kappa shape index (κ3) is 1.76. The van der Waals surface area contributed by atoms with E-state index in [4.69, 9.17) is 0 Å². The predicted molar refractivity (Wildman–Crippen MR) is 65.2 cm³/mol. The zero-order chi connectivity index (χ0) is 12.7. The SMILES string of the molecule is O=C(O)C1CC2CCC1N2C(=O)N1CCCCC1. The van der Waals surface area contributed by atoms with Gasteiger partial charge in [0.1, 0.15) is 0 Å². The van der Waals surface area contributed by atoms with Crippen LogP contribution in [0.1, 0.15) is 38.5 Å². The highest BCUT2D eigenvalue weighted by Crippen LogP contribution is 2.42. The van der Waals surface area contributed by atoms with E-state index in [1.54, 1.807) is 0 Å². The van der Waals surface area contributed by atoms with Crippen LogP contribution in [0.3, 0.4) is 0 Å². The average molecular weight is 252 g/mol. The van der Waals surface area contributed by atoms with Crippen molar-refractivity contribution < 1.29 is 14.7 Å². The number of aliphatic carboxylic acids is 1. The van der Waals surface area contributed by atoms with Crippen molar-refractivity contribution in [2.45, 2.75) is 50.6 Å². The van der Waals surface area contributed by atoms with E-state index >= 15 is 0 Å². The number of hydrogen-bond donors (Lipinski definition) is 1. The molecule has 5 nitrogen and oxygen atoms in total. The van der Waals surface area contributed by atoms with Crippen molar-refractivity contribution in [3.8, 4) is 0 Å². The maximum Gasteiger partial charge on any atom is 0.320 e. The van der Waals surface area contributed by atoms with Gasteiger partial charge >= 0.3 is 12.0 Å². The van der Waals surface area contributed by atoms with Gasteiger partial charge in [-0.2, -0.15) is 0 Å². The molecule has 18 heavy (non-hydrogen) atoms. The Bertz CT molecular complexity index is 365. The van der Waals surface area contributed by atoms with Crippen LogP contribution in [-0.4, -0.2) is 52.1 Å². The number of carbonyl (C=O) groups is 2. The van der Waals surface area contributed by atoms with Gasteiger partial charge in [-0.15, -0.1) is 0 Å². The van der Waals surface area contributed by atoms with Gasteiger partial charge in [0, 0.05) is 25.2 Å². The van der Waals surface area contributed by atoms with Crippen molar-refractivity contribution in [1.82, 2.24) is 9.80 Å². The third-order valence-electron chi connectivity index (χ3n) is 4.70. The normalized spacial score (nSPS) is 35.0. The third-order valence-corrected chi connectivity index (χ3v) is 4.70. The van der Waals surface area contributed by atoms with E-state index in [1.165, 1.54) is 6.42 Å². The van der Waals surface area contributed by atoms with Gasteiger partial charge in [-0.25, -0.2) is 4.79 Å². The Morgan fingerprint density at radius 3 is 2.39 bits per heavy atom. The van der Waals surface area contributed by atoms with Gasteiger partial charge in [-0.1, -0.05) is 0 Å². The number of urea groups is 1. The Labute approximate surface area is 107 Å². The summed E-state index contributed by atoms with van der Waals surface area (Å²) in [4.78, 5) is 27.5. The molecule has 3 atom stereocenters. The van der Waals surface area contributed by atoms with Crippen molar-refractivity contribution in [3.05, 3.63) is 0 Å². The number of likely N-dealkylation sites (tertiary alicyclic amines) is 1. The van der Waals surface area contributed by atoms with E-state index in [2.05, 4.69) is 0 Å². The first-order chi connectivity index (χ1) is 8.68. The topological polar surface area (TPSA) is 60.9 Å². The molecule has 2 amide bonds. The van der Waals surface area contributed by atoms with Crippen LogP contribution in [0, 0.1) is 5.92 Å². The maximum atomic E-state index is 12.5. The molecular formula is C13H20N2O3. The van der Waals surface area contributed by atoms with E-state index in [-0.39, 0.29) is 24.0 Å². The fourth-order valence-electron chi connectivity index (χ4n) is 3.80. The molecule has 0 aromatic rings. The summed E-state index contributed by atoms with van der Waals surface area (Å²) in [5.74, 6) is -1.07. The number of nitrogens with zero attached hydrogens (tertiary/aromatic N) is 2. The molecule has 0 spiro atoms. The summed E-state index contributed by atoms with van der Waals surface area (Å²) >= 11 is 0. The minimum Gasteiger partial charge on any atom is -0.481 e. The zero-order valence-electron chi connectivity index (χ0n) is 10.5. The molecule has 3 fully saturated rings. The number of carboxylic acids is 1. The first-order valence-electron chi connectivity index (χ1n) is 6.98. The minimum atomic E-state index is -0.737. The summed E-state index contributed by atoms with van der Waals surface area (Å²) < 4.78 is 0. The molecule has 0 aliphatic carbocycles. The molecule has 3 heterocycles. The summed E-state index contributed by atoms with van der Waals surface area (Å²) in [6.07, 6.45) is 5.86. The highest BCUT2D eigenvalue weighted by atomic mass is 16.4. The fraction of sp³-hybridized carbons (Fsp3) is 0.846. The lowest BCUT2D eigenvalue weighted by Crippen LogP contribution is -2.48. The standard InChI is InChI=1S/C13H20N2O3/c16-12(17)10-8-9-4-5-11(10)15(9)13(18)14-6-2-1-3-7-14/h9-11H,1-8H2,(H,16,17). The van der Waals surface area contributed by atoms with Crippen molar-refractivity contribution in [3.63, 3.8) is 0 Å². The Morgan fingerprint density at radius 1 is 1.06 bits per heavy atom. The van der Waals surface area contributed by atoms with E-state index in [0.717, 1.165) is 38.8 Å². The lowest BCUT2D eigenvalue weighted by atomic mass is 9.89. The molecule has 100 valence electrons. The number of amides is 2. The molecule has 0 aromatic carbocycles. The summed E-state index contributed by atoms with van der Waals surface area (Å²) in [6, 6.07) is 0.207. The van der Waals surface area contributed by atoms with E-state index in [0.29, 0.717) is 6.42 Å². The van der Waals surface area contributed by atoms with Crippen molar-refractivity contribution in [1.29, 1.82) is 0 Å². The summed E-state index contributed by atoms with van der Waals surface area (Å²) in [6.45, 7) is 1.68. The Morgan fingerprint density at radius 2 is 1.78 bits per heavy atom. The van der Waals surface area contributed by atoms with Crippen LogP contribution in [0.5, 0.6) is 0 Å². The largest absolute Gasteiger partial charge is 0.481 e. The lowest BCUT2D eigenvalue weighted by Gasteiger charge is -2.33. The predicted octanol–water partition coefficient (Wildman–Crippen LogP) is 1.53. The Hall–Kier alpha value is -1.26. The zero-order valence-corrected chi connectivity index (χ0v) is 10.5. The molecule has 3 saturated heterocycles. The minimum absolute atomic E-state index is 0.0538. The number of carboxylic acid groups (broad SMARTS) is 1. The molecule has 3 aliphatic heterocycles. The van der Waals surface area contributed by atoms with Crippen molar-refractivity contribution in [2.75, 3.05) is 13.1 Å². The van der Waals surface area contributed by atoms with Crippen molar-refractivity contribution >= 4 is 12.0 Å². The lowest BCUT2D eigenvalue weighted by molar-refractivity contribution is -0.142. The molecule has 5 heteroatoms. The van der Waals surface area contributed by atoms with Crippen molar-refractivity contribution in [2.24, 2.45) is 5.92 Å². The van der Waals surface area contributed by atoms with E-state index in [9.17, 15) is 14.7 Å². The van der Waals surface area contributed by atoms with E-state index < -0.39 is 5.97 Å². The number of hydrogen-bond acceptors (Lipinski definition) is 2. The highest BCUT2D eigenvalue weighted by molar-refractivity contribution is 5.79. The number of carbonyl (C=O) groups excluding carboxylic acids is 1. The number of piperidine rings is 1. The molecule has 0 radical (unpaired) electrons. The molecule has 3 unspecified atom stereocenters. The summed E-state index contributed by atoms with van der Waals surface area (Å²) in [5, 5.41) is 9.19. The quantitative estimate of drug-likeness (QED) is 0.770. The molecular weight excluding hydrogens is 232 g/mol. The van der Waals surface area contributed by atoms with Gasteiger partial charge in [0.15, 0.2) is 0 Å². The number of rotatable bonds is 1. The van der Waals surface area contributed by atoms with Crippen LogP contribution < -0.4 is 0 Å². The van der Waals surface area contributed by atoms with Gasteiger partial charge in [-0.05, 0) is 38.5 Å². The molecule has 0 saturated carbocycles. The first-order valence-corrected chi connectivity index (χ1v) is 6.98. The maximum absolute atomic E-state index is 12.5. The van der Waals surface area contributed by atoms with Crippen LogP contribution >= 0.6 is 0 Å². The van der Waals surface area contributed by atoms with Crippen LogP contribution in [0.2, 0.25) is 0 Å². The average Bonchev–Trinajstić information content (AvgIpc) is 2.96. The first kappa shape index (κ1) is 11.8. The smallest absolute Gasteiger partial charge is 0.320 e. The van der Waals surface area contributed by atoms with Gasteiger partial charge in [-0.3, -0.25) is 4.79 Å². The van der Waals surface area contributed by atoms with Crippen LogP contribution in [0.25, 0.3) is 0 Å². The molecule has 0 aromatic heterocycles. The fourth-order valence-corrected chi connectivity index (χ4v) is 3.80. The van der Waals surface area contributed by atoms with Gasteiger partial charge in [0.25, 0.3) is 0 Å². The van der Waals surface area contributed by atoms with Gasteiger partial charge in [0.05, 0.1) is 5.92 Å². The Balaban J connectivity index is 1.72. The number of fused-ring (bicyclic) bond motifs is 2. The van der Waals surface area contributed by atoms with Crippen LogP contribution in [0.4, 0.5) is 4.79 Å². The monoisotopic (exact) mass is 252 g/mol. The molecule has 2 bridgehead atoms. The second-order valence-corrected chi connectivity index (χ2v) is 5.72. The van der Waals surface area contributed by atoms with Crippen LogP contribution in [-0.2, 0) is 4.79 Å². The summed E-state index contributed by atoms with van der Waals surface area (Å²) in [5.41, 5.74) is 0. The molecule has 3 aliphatic rings. The van der Waals surface area contributed by atoms with Gasteiger partial charge < -0.3 is 14.9 Å². The van der Waals surface area contributed by atoms with Crippen LogP contribution in [0.15, 0.2) is 0 Å². The Kier molecular flexibility index (Phi) is 2.92. The van der Waals surface area contributed by atoms with E-state index in [1.807, 2.05) is 9.80 Å². The second kappa shape index (κ2) is 4.44. The van der Waals surface area contributed by atoms with Gasteiger partial charge in [0.2, 0.25) is 0 Å². The highest BCUT2D eigenvalue weighted by Gasteiger charge is 2.52.